The molecule has 0 aromatic heterocycles. The number of hydrogen-bond acceptors (Lipinski definition) is 6. The van der Waals surface area contributed by atoms with E-state index in [-0.39, 0.29) is 39.9 Å². The first-order valence-corrected chi connectivity index (χ1v) is 11.8. The van der Waals surface area contributed by atoms with Gasteiger partial charge in [0.2, 0.25) is 0 Å². The van der Waals surface area contributed by atoms with E-state index < -0.39 is 17.6 Å². The van der Waals surface area contributed by atoms with Gasteiger partial charge >= 0.3 is 5.97 Å². The molecule has 2 aromatic rings. The summed E-state index contributed by atoms with van der Waals surface area (Å²) in [5.41, 5.74) is 3.28. The highest BCUT2D eigenvalue weighted by molar-refractivity contribution is 6.09. The number of carbonyl (C=O) groups is 2. The van der Waals surface area contributed by atoms with Gasteiger partial charge in [0, 0.05) is 11.5 Å². The number of allylic oxidation sites excluding steroid dienone is 4. The molecule has 0 heterocycles. The molecule has 0 aliphatic heterocycles. The minimum Gasteiger partial charge on any atom is -0.507 e. The molecule has 3 rings (SSSR count). The number of aromatic hydroxyl groups is 2. The Morgan fingerprint density at radius 3 is 2.31 bits per heavy atom. The molecular weight excluding hydrogens is 444 g/mol. The topological polar surface area (TPSA) is 93.1 Å². The van der Waals surface area contributed by atoms with E-state index in [0.717, 1.165) is 24.8 Å². The van der Waals surface area contributed by atoms with Crippen molar-refractivity contribution in [2.75, 3.05) is 14.2 Å². The standard InChI is InChI=1S/C29H34O6/c1-17(2)10-9-11-19-14-15-21(22(16-19)20-12-7-6-8-13-20)27(32)23-25(30)18(3)26(31)24(28(23)34-4)29(33)35-5/h6-8,10,12-14,21-22,30-31H,9,11,15-16H2,1-5H3. The smallest absolute Gasteiger partial charge is 0.345 e. The Bertz CT molecular complexity index is 1160. The fraction of sp³-hybridized carbons (Fsp3) is 0.379. The quantitative estimate of drug-likeness (QED) is 0.265. The average Bonchev–Trinajstić information content (AvgIpc) is 2.86. The van der Waals surface area contributed by atoms with Crippen LogP contribution in [0.3, 0.4) is 0 Å². The van der Waals surface area contributed by atoms with Crippen molar-refractivity contribution in [1.29, 1.82) is 0 Å². The van der Waals surface area contributed by atoms with E-state index in [1.165, 1.54) is 32.3 Å². The van der Waals surface area contributed by atoms with Crippen LogP contribution in [0.25, 0.3) is 0 Å². The van der Waals surface area contributed by atoms with E-state index >= 15 is 0 Å². The Morgan fingerprint density at radius 1 is 1.06 bits per heavy atom. The molecule has 2 N–H and O–H groups in total. The maximum atomic E-state index is 14.0. The summed E-state index contributed by atoms with van der Waals surface area (Å²) < 4.78 is 10.2. The van der Waals surface area contributed by atoms with Crippen LogP contribution in [0.2, 0.25) is 0 Å². The lowest BCUT2D eigenvalue weighted by molar-refractivity contribution is 0.0593. The molecular formula is C29H34O6. The average molecular weight is 479 g/mol. The summed E-state index contributed by atoms with van der Waals surface area (Å²) in [6.07, 6.45) is 7.43. The van der Waals surface area contributed by atoms with Gasteiger partial charge in [0.25, 0.3) is 0 Å². The summed E-state index contributed by atoms with van der Waals surface area (Å²) in [6, 6.07) is 9.88. The lowest BCUT2D eigenvalue weighted by Gasteiger charge is -2.32. The van der Waals surface area contributed by atoms with Crippen LogP contribution in [0.4, 0.5) is 0 Å². The molecule has 0 saturated heterocycles. The molecule has 1 aliphatic carbocycles. The van der Waals surface area contributed by atoms with Crippen molar-refractivity contribution in [2.45, 2.75) is 52.4 Å². The van der Waals surface area contributed by atoms with Gasteiger partial charge in [0.15, 0.2) is 11.5 Å². The third-order valence-corrected chi connectivity index (χ3v) is 6.69. The van der Waals surface area contributed by atoms with Crippen LogP contribution in [0.5, 0.6) is 17.2 Å². The van der Waals surface area contributed by atoms with Gasteiger partial charge in [-0.2, -0.15) is 0 Å². The second-order valence-electron chi connectivity index (χ2n) is 9.21. The Labute approximate surface area is 206 Å². The number of phenols is 2. The number of benzene rings is 2. The summed E-state index contributed by atoms with van der Waals surface area (Å²) in [7, 11) is 2.47. The maximum Gasteiger partial charge on any atom is 0.345 e. The predicted octanol–water partition coefficient (Wildman–Crippen LogP) is 6.25. The summed E-state index contributed by atoms with van der Waals surface area (Å²) in [5, 5.41) is 21.4. The highest BCUT2D eigenvalue weighted by Gasteiger charge is 2.38. The molecule has 186 valence electrons. The van der Waals surface area contributed by atoms with Gasteiger partial charge in [-0.3, -0.25) is 4.79 Å². The molecule has 0 spiro atoms. The van der Waals surface area contributed by atoms with E-state index in [1.54, 1.807) is 0 Å². The molecule has 1 aliphatic rings. The van der Waals surface area contributed by atoms with Gasteiger partial charge in [0.05, 0.1) is 14.2 Å². The summed E-state index contributed by atoms with van der Waals surface area (Å²) in [5.74, 6) is -2.78. The summed E-state index contributed by atoms with van der Waals surface area (Å²) >= 11 is 0. The molecule has 0 radical (unpaired) electrons. The van der Waals surface area contributed by atoms with Crippen LogP contribution in [0.15, 0.2) is 53.6 Å². The first-order chi connectivity index (χ1) is 16.7. The van der Waals surface area contributed by atoms with Crippen LogP contribution < -0.4 is 4.74 Å². The highest BCUT2D eigenvalue weighted by Crippen LogP contribution is 2.47. The lowest BCUT2D eigenvalue weighted by atomic mass is 9.71. The van der Waals surface area contributed by atoms with E-state index in [1.807, 2.05) is 30.3 Å². The lowest BCUT2D eigenvalue weighted by Crippen LogP contribution is -2.27. The molecule has 6 nitrogen and oxygen atoms in total. The van der Waals surface area contributed by atoms with Gasteiger partial charge in [0.1, 0.15) is 22.6 Å². The minimum atomic E-state index is -0.846. The molecule has 0 bridgehead atoms. The third-order valence-electron chi connectivity index (χ3n) is 6.69. The predicted molar refractivity (Wildman–Crippen MR) is 135 cm³/mol. The van der Waals surface area contributed by atoms with E-state index in [2.05, 4.69) is 26.0 Å². The Hall–Kier alpha value is -3.54. The van der Waals surface area contributed by atoms with Crippen LogP contribution in [-0.2, 0) is 4.74 Å². The molecule has 2 aromatic carbocycles. The first-order valence-electron chi connectivity index (χ1n) is 11.8. The Balaban J connectivity index is 2.09. The normalized spacial score (nSPS) is 17.3. The fourth-order valence-corrected chi connectivity index (χ4v) is 4.79. The van der Waals surface area contributed by atoms with Crippen molar-refractivity contribution in [1.82, 2.24) is 0 Å². The van der Waals surface area contributed by atoms with Crippen molar-refractivity contribution < 1.29 is 29.3 Å². The van der Waals surface area contributed by atoms with E-state index in [0.29, 0.717) is 6.42 Å². The van der Waals surface area contributed by atoms with Gasteiger partial charge in [-0.05, 0) is 57.9 Å². The summed E-state index contributed by atoms with van der Waals surface area (Å²) in [6.45, 7) is 5.61. The highest BCUT2D eigenvalue weighted by atomic mass is 16.5. The number of methoxy groups -OCH3 is 2. The van der Waals surface area contributed by atoms with Crippen molar-refractivity contribution in [3.8, 4) is 17.2 Å². The molecule has 0 fully saturated rings. The van der Waals surface area contributed by atoms with Crippen molar-refractivity contribution in [2.24, 2.45) is 5.92 Å². The van der Waals surface area contributed by atoms with Crippen LogP contribution in [0.1, 0.15) is 77.3 Å². The number of ether oxygens (including phenoxy) is 2. The zero-order valence-corrected chi connectivity index (χ0v) is 21.1. The molecule has 35 heavy (non-hydrogen) atoms. The minimum absolute atomic E-state index is 0.0274. The number of carbonyl (C=O) groups excluding carboxylic acids is 2. The zero-order chi connectivity index (χ0) is 25.7. The Morgan fingerprint density at radius 2 is 1.71 bits per heavy atom. The Kier molecular flexibility index (Phi) is 8.39. The van der Waals surface area contributed by atoms with Gasteiger partial charge in [-0.15, -0.1) is 0 Å². The maximum absolute atomic E-state index is 14.0. The third kappa shape index (κ3) is 5.42. The first kappa shape index (κ1) is 26.1. The largest absolute Gasteiger partial charge is 0.507 e. The second kappa shape index (κ2) is 11.3. The van der Waals surface area contributed by atoms with Gasteiger partial charge < -0.3 is 19.7 Å². The summed E-state index contributed by atoms with van der Waals surface area (Å²) in [4.78, 5) is 26.4. The molecule has 0 amide bonds. The van der Waals surface area contributed by atoms with Gasteiger partial charge in [-0.1, -0.05) is 53.6 Å². The SMILES string of the molecule is COC(=O)c1c(O)c(C)c(O)c(C(=O)C2CC=C(CCC=C(C)C)CC2c2ccccc2)c1OC. The zero-order valence-electron chi connectivity index (χ0n) is 21.1. The fourth-order valence-electron chi connectivity index (χ4n) is 4.79. The van der Waals surface area contributed by atoms with Crippen molar-refractivity contribution in [3.05, 3.63) is 75.9 Å². The number of hydrogen-bond donors (Lipinski definition) is 2. The van der Waals surface area contributed by atoms with Crippen molar-refractivity contribution >= 4 is 11.8 Å². The van der Waals surface area contributed by atoms with Crippen LogP contribution in [0, 0.1) is 12.8 Å². The molecule has 2 unspecified atom stereocenters. The van der Waals surface area contributed by atoms with Crippen LogP contribution in [-0.4, -0.2) is 36.2 Å². The number of ketones is 1. The number of phenolic OH excluding ortho intramolecular Hbond substituents is 2. The van der Waals surface area contributed by atoms with E-state index in [9.17, 15) is 19.8 Å². The van der Waals surface area contributed by atoms with Crippen LogP contribution >= 0.6 is 0 Å². The number of Topliss-reactive ketones (excluding diaryl/α,β-unsaturated/α-hetero) is 1. The number of rotatable bonds is 8. The number of esters is 1. The molecule has 2 atom stereocenters. The second-order valence-corrected chi connectivity index (χ2v) is 9.21. The van der Waals surface area contributed by atoms with Crippen molar-refractivity contribution in [3.63, 3.8) is 0 Å². The molecule has 6 heteroatoms. The van der Waals surface area contributed by atoms with E-state index in [4.69, 9.17) is 9.47 Å². The van der Waals surface area contributed by atoms with Gasteiger partial charge in [-0.25, -0.2) is 4.79 Å². The molecule has 0 saturated carbocycles. The monoisotopic (exact) mass is 478 g/mol.